The second-order valence-corrected chi connectivity index (χ2v) is 4.69. The van der Waals surface area contributed by atoms with Gasteiger partial charge in [0.25, 0.3) is 0 Å². The summed E-state index contributed by atoms with van der Waals surface area (Å²) in [6.07, 6.45) is 2.98. The summed E-state index contributed by atoms with van der Waals surface area (Å²) >= 11 is 0. The summed E-state index contributed by atoms with van der Waals surface area (Å²) in [7, 11) is 0. The van der Waals surface area contributed by atoms with Crippen molar-refractivity contribution < 1.29 is 0 Å². The van der Waals surface area contributed by atoms with Gasteiger partial charge in [-0.15, -0.1) is 10.2 Å². The second-order valence-electron chi connectivity index (χ2n) is 4.69. The van der Waals surface area contributed by atoms with Crippen molar-refractivity contribution in [2.45, 2.75) is 46.3 Å². The maximum Gasteiger partial charge on any atom is 0.191 e. The van der Waals surface area contributed by atoms with Gasteiger partial charge in [-0.05, 0) is 26.2 Å². The highest BCUT2D eigenvalue weighted by molar-refractivity contribution is 5.80. The van der Waals surface area contributed by atoms with Gasteiger partial charge in [0, 0.05) is 19.1 Å². The van der Waals surface area contributed by atoms with E-state index in [1.807, 2.05) is 4.57 Å². The van der Waals surface area contributed by atoms with Crippen molar-refractivity contribution in [2.75, 3.05) is 6.54 Å². The molecule has 1 saturated carbocycles. The van der Waals surface area contributed by atoms with Crippen LogP contribution >= 0.6 is 0 Å². The van der Waals surface area contributed by atoms with E-state index in [2.05, 4.69) is 46.6 Å². The zero-order valence-corrected chi connectivity index (χ0v) is 11.3. The Bertz CT molecular complexity index is 410. The monoisotopic (exact) mass is 250 g/mol. The van der Waals surface area contributed by atoms with Crippen LogP contribution in [0.3, 0.4) is 0 Å². The Hall–Kier alpha value is -1.59. The number of guanidine groups is 1. The fraction of sp³-hybridized carbons (Fsp3) is 0.750. The second kappa shape index (κ2) is 5.84. The van der Waals surface area contributed by atoms with Gasteiger partial charge >= 0.3 is 0 Å². The molecule has 18 heavy (non-hydrogen) atoms. The predicted octanol–water partition coefficient (Wildman–Crippen LogP) is 0.761. The van der Waals surface area contributed by atoms with Crippen LogP contribution in [0.25, 0.3) is 0 Å². The summed E-state index contributed by atoms with van der Waals surface area (Å²) in [5.41, 5.74) is 0. The van der Waals surface area contributed by atoms with E-state index < -0.39 is 0 Å². The normalized spacial score (nSPS) is 22.9. The van der Waals surface area contributed by atoms with Crippen LogP contribution in [-0.2, 0) is 13.1 Å². The summed E-state index contributed by atoms with van der Waals surface area (Å²) in [4.78, 5) is 4.55. The number of aliphatic imine (C=N–C) groups is 1. The van der Waals surface area contributed by atoms with Crippen molar-refractivity contribution in [2.24, 2.45) is 10.9 Å². The van der Waals surface area contributed by atoms with Crippen molar-refractivity contribution >= 4 is 5.96 Å². The lowest BCUT2D eigenvalue weighted by Gasteiger charge is -2.10. The standard InChI is InChI=1S/C12H22N6/c1-4-13-12(16-10-6-9(10)3)14-7-11-17-15-8-18(11)5-2/h8-10H,4-7H2,1-3H3,(H2,13,14,16). The van der Waals surface area contributed by atoms with Crippen molar-refractivity contribution in [1.29, 1.82) is 0 Å². The molecule has 2 rings (SSSR count). The highest BCUT2D eigenvalue weighted by Crippen LogP contribution is 2.28. The first-order chi connectivity index (χ1) is 8.74. The molecule has 0 radical (unpaired) electrons. The highest BCUT2D eigenvalue weighted by atomic mass is 15.3. The molecular formula is C12H22N6. The van der Waals surface area contributed by atoms with Gasteiger partial charge < -0.3 is 15.2 Å². The fourth-order valence-corrected chi connectivity index (χ4v) is 1.83. The maximum atomic E-state index is 4.55. The average molecular weight is 250 g/mol. The van der Waals surface area contributed by atoms with Gasteiger partial charge in [0.15, 0.2) is 11.8 Å². The molecule has 2 N–H and O–H groups in total. The van der Waals surface area contributed by atoms with Crippen LogP contribution in [0.4, 0.5) is 0 Å². The van der Waals surface area contributed by atoms with Gasteiger partial charge in [0.1, 0.15) is 12.9 Å². The first-order valence-corrected chi connectivity index (χ1v) is 6.66. The van der Waals surface area contributed by atoms with E-state index in [9.17, 15) is 0 Å². The van der Waals surface area contributed by atoms with Crippen LogP contribution in [-0.4, -0.2) is 33.3 Å². The molecule has 0 amide bonds. The largest absolute Gasteiger partial charge is 0.357 e. The third-order valence-corrected chi connectivity index (χ3v) is 3.19. The Balaban J connectivity index is 1.94. The molecule has 2 unspecified atom stereocenters. The molecule has 1 aromatic rings. The van der Waals surface area contributed by atoms with E-state index in [-0.39, 0.29) is 0 Å². The summed E-state index contributed by atoms with van der Waals surface area (Å²) in [6, 6.07) is 0.576. The topological polar surface area (TPSA) is 67.1 Å². The number of rotatable bonds is 5. The Labute approximate surface area is 108 Å². The van der Waals surface area contributed by atoms with Crippen LogP contribution in [0, 0.1) is 5.92 Å². The number of hydrogen-bond donors (Lipinski definition) is 2. The molecular weight excluding hydrogens is 228 g/mol. The van der Waals surface area contributed by atoms with Crippen LogP contribution in [0.2, 0.25) is 0 Å². The van der Waals surface area contributed by atoms with Gasteiger partial charge in [-0.1, -0.05) is 6.92 Å². The molecule has 0 aliphatic heterocycles. The van der Waals surface area contributed by atoms with Gasteiger partial charge in [-0.25, -0.2) is 4.99 Å². The van der Waals surface area contributed by atoms with Gasteiger partial charge in [0.2, 0.25) is 0 Å². The first-order valence-electron chi connectivity index (χ1n) is 6.66. The van der Waals surface area contributed by atoms with Gasteiger partial charge in [-0.2, -0.15) is 0 Å². The molecule has 1 aliphatic carbocycles. The van der Waals surface area contributed by atoms with Crippen molar-refractivity contribution in [1.82, 2.24) is 25.4 Å². The van der Waals surface area contributed by atoms with Crippen molar-refractivity contribution in [3.05, 3.63) is 12.2 Å². The minimum absolute atomic E-state index is 0.560. The average Bonchev–Trinajstić information content (AvgIpc) is 2.90. The molecule has 6 nitrogen and oxygen atoms in total. The van der Waals surface area contributed by atoms with Crippen LogP contribution < -0.4 is 10.6 Å². The molecule has 1 aromatic heterocycles. The zero-order valence-electron chi connectivity index (χ0n) is 11.3. The number of aryl methyl sites for hydroxylation is 1. The van der Waals surface area contributed by atoms with E-state index in [0.717, 1.165) is 30.8 Å². The van der Waals surface area contributed by atoms with Crippen LogP contribution in [0.1, 0.15) is 33.0 Å². The number of nitrogens with one attached hydrogen (secondary N) is 2. The zero-order chi connectivity index (χ0) is 13.0. The third kappa shape index (κ3) is 3.21. The molecule has 0 aromatic carbocycles. The fourth-order valence-electron chi connectivity index (χ4n) is 1.83. The molecule has 1 fully saturated rings. The quantitative estimate of drug-likeness (QED) is 0.598. The number of nitrogens with zero attached hydrogens (tertiary/aromatic N) is 4. The lowest BCUT2D eigenvalue weighted by atomic mass is 10.5. The molecule has 0 saturated heterocycles. The summed E-state index contributed by atoms with van der Waals surface area (Å²) < 4.78 is 2.01. The molecule has 0 bridgehead atoms. The Morgan fingerprint density at radius 2 is 2.33 bits per heavy atom. The number of aromatic nitrogens is 3. The predicted molar refractivity (Wildman–Crippen MR) is 71.2 cm³/mol. The lowest BCUT2D eigenvalue weighted by molar-refractivity contribution is 0.692. The summed E-state index contributed by atoms with van der Waals surface area (Å²) in [5, 5.41) is 14.7. The molecule has 1 aliphatic rings. The Kier molecular flexibility index (Phi) is 4.17. The van der Waals surface area contributed by atoms with Crippen LogP contribution in [0.5, 0.6) is 0 Å². The maximum absolute atomic E-state index is 4.55. The lowest BCUT2D eigenvalue weighted by Crippen LogP contribution is -2.39. The summed E-state index contributed by atoms with van der Waals surface area (Å²) in [6.45, 7) is 8.70. The van der Waals surface area contributed by atoms with Gasteiger partial charge in [0.05, 0.1) is 0 Å². The van der Waals surface area contributed by atoms with Crippen molar-refractivity contribution in [3.8, 4) is 0 Å². The molecule has 0 spiro atoms. The first kappa shape index (κ1) is 12.9. The van der Waals surface area contributed by atoms with E-state index in [4.69, 9.17) is 0 Å². The smallest absolute Gasteiger partial charge is 0.191 e. The molecule has 2 atom stereocenters. The molecule has 100 valence electrons. The Morgan fingerprint density at radius 1 is 1.56 bits per heavy atom. The van der Waals surface area contributed by atoms with E-state index in [1.54, 1.807) is 6.33 Å². The SMILES string of the molecule is CCNC(=NCc1nncn1CC)NC1CC1C. The highest BCUT2D eigenvalue weighted by Gasteiger charge is 2.33. The third-order valence-electron chi connectivity index (χ3n) is 3.19. The van der Waals surface area contributed by atoms with Crippen LogP contribution in [0.15, 0.2) is 11.3 Å². The minimum atomic E-state index is 0.560. The van der Waals surface area contributed by atoms with E-state index in [1.165, 1.54) is 6.42 Å². The Morgan fingerprint density at radius 3 is 2.94 bits per heavy atom. The minimum Gasteiger partial charge on any atom is -0.357 e. The number of hydrogen-bond acceptors (Lipinski definition) is 3. The molecule has 6 heteroatoms. The van der Waals surface area contributed by atoms with Gasteiger partial charge in [-0.3, -0.25) is 0 Å². The summed E-state index contributed by atoms with van der Waals surface area (Å²) in [5.74, 6) is 2.53. The molecule has 1 heterocycles. The van der Waals surface area contributed by atoms with E-state index in [0.29, 0.717) is 12.6 Å². The van der Waals surface area contributed by atoms with Crippen molar-refractivity contribution in [3.63, 3.8) is 0 Å². The van der Waals surface area contributed by atoms with E-state index >= 15 is 0 Å².